The highest BCUT2D eigenvalue weighted by atomic mass is 16.3. The van der Waals surface area contributed by atoms with Gasteiger partial charge in [0.1, 0.15) is 0 Å². The van der Waals surface area contributed by atoms with Crippen molar-refractivity contribution < 1.29 is 5.11 Å². The van der Waals surface area contributed by atoms with Gasteiger partial charge in [0.05, 0.1) is 17.8 Å². The van der Waals surface area contributed by atoms with Crippen molar-refractivity contribution in [2.75, 3.05) is 18.1 Å². The fourth-order valence-electron chi connectivity index (χ4n) is 2.65. The SMILES string of the molecule is Cc1ccccc1N(CCO)c1ccnc2ccccc12. The molecule has 1 aromatic heterocycles. The number of para-hydroxylation sites is 2. The fraction of sp³-hybridized carbons (Fsp3) is 0.167. The first-order chi connectivity index (χ1) is 10.3. The zero-order valence-corrected chi connectivity index (χ0v) is 12.0. The highest BCUT2D eigenvalue weighted by Gasteiger charge is 2.13. The highest BCUT2D eigenvalue weighted by Crippen LogP contribution is 2.32. The number of fused-ring (bicyclic) bond motifs is 1. The van der Waals surface area contributed by atoms with E-state index >= 15 is 0 Å². The van der Waals surface area contributed by atoms with E-state index in [2.05, 4.69) is 35.0 Å². The van der Waals surface area contributed by atoms with Crippen LogP contribution >= 0.6 is 0 Å². The molecule has 3 rings (SSSR count). The van der Waals surface area contributed by atoms with Gasteiger partial charge in [0.25, 0.3) is 0 Å². The molecule has 106 valence electrons. The Morgan fingerprint density at radius 2 is 1.71 bits per heavy atom. The fourth-order valence-corrected chi connectivity index (χ4v) is 2.65. The van der Waals surface area contributed by atoms with Crippen LogP contribution in [0, 0.1) is 6.92 Å². The molecule has 1 heterocycles. The maximum absolute atomic E-state index is 9.46. The van der Waals surface area contributed by atoms with E-state index in [1.165, 1.54) is 5.56 Å². The molecular weight excluding hydrogens is 260 g/mol. The largest absolute Gasteiger partial charge is 0.395 e. The van der Waals surface area contributed by atoms with E-state index < -0.39 is 0 Å². The van der Waals surface area contributed by atoms with Gasteiger partial charge in [0, 0.05) is 23.8 Å². The molecule has 0 amide bonds. The van der Waals surface area contributed by atoms with Crippen molar-refractivity contribution >= 4 is 22.3 Å². The number of aromatic nitrogens is 1. The van der Waals surface area contributed by atoms with Crippen LogP contribution in [0.4, 0.5) is 11.4 Å². The van der Waals surface area contributed by atoms with Gasteiger partial charge in [0.15, 0.2) is 0 Å². The monoisotopic (exact) mass is 278 g/mol. The van der Waals surface area contributed by atoms with Crippen LogP contribution < -0.4 is 4.90 Å². The van der Waals surface area contributed by atoms with Crippen molar-refractivity contribution in [3.05, 3.63) is 66.4 Å². The molecular formula is C18H18N2O. The number of hydrogen-bond donors (Lipinski definition) is 1. The molecule has 0 radical (unpaired) electrons. The number of nitrogens with zero attached hydrogens (tertiary/aromatic N) is 2. The molecule has 1 N–H and O–H groups in total. The Bertz CT molecular complexity index is 750. The molecule has 0 fully saturated rings. The van der Waals surface area contributed by atoms with Crippen LogP contribution in [0.15, 0.2) is 60.8 Å². The molecule has 3 nitrogen and oxygen atoms in total. The lowest BCUT2D eigenvalue weighted by Crippen LogP contribution is -2.22. The first-order valence-electron chi connectivity index (χ1n) is 7.09. The summed E-state index contributed by atoms with van der Waals surface area (Å²) in [6.45, 7) is 2.74. The van der Waals surface area contributed by atoms with Crippen molar-refractivity contribution in [3.63, 3.8) is 0 Å². The third kappa shape index (κ3) is 2.60. The summed E-state index contributed by atoms with van der Waals surface area (Å²) in [5.74, 6) is 0. The standard InChI is InChI=1S/C18H18N2O/c1-14-6-2-5-9-17(14)20(12-13-21)18-10-11-19-16-8-4-3-7-15(16)18/h2-11,21H,12-13H2,1H3. The van der Waals surface area contributed by atoms with Gasteiger partial charge in [0.2, 0.25) is 0 Å². The second-order valence-electron chi connectivity index (χ2n) is 5.01. The van der Waals surface area contributed by atoms with Crippen molar-refractivity contribution in [1.82, 2.24) is 4.98 Å². The minimum Gasteiger partial charge on any atom is -0.395 e. The summed E-state index contributed by atoms with van der Waals surface area (Å²) in [4.78, 5) is 6.56. The predicted molar refractivity (Wildman–Crippen MR) is 87.0 cm³/mol. The molecule has 2 aromatic carbocycles. The van der Waals surface area contributed by atoms with Crippen LogP contribution in [0.2, 0.25) is 0 Å². The van der Waals surface area contributed by atoms with Crippen LogP contribution in [-0.4, -0.2) is 23.2 Å². The van der Waals surface area contributed by atoms with Gasteiger partial charge in [-0.3, -0.25) is 4.98 Å². The Balaban J connectivity index is 2.19. The Kier molecular flexibility index (Phi) is 3.84. The second-order valence-corrected chi connectivity index (χ2v) is 5.01. The van der Waals surface area contributed by atoms with Gasteiger partial charge in [-0.15, -0.1) is 0 Å². The van der Waals surface area contributed by atoms with Crippen LogP contribution in [0.3, 0.4) is 0 Å². The first-order valence-corrected chi connectivity index (χ1v) is 7.09. The summed E-state index contributed by atoms with van der Waals surface area (Å²) in [6.07, 6.45) is 1.82. The summed E-state index contributed by atoms with van der Waals surface area (Å²) >= 11 is 0. The van der Waals surface area contributed by atoms with Crippen molar-refractivity contribution in [2.45, 2.75) is 6.92 Å². The van der Waals surface area contributed by atoms with Gasteiger partial charge in [-0.05, 0) is 30.7 Å². The van der Waals surface area contributed by atoms with Crippen LogP contribution in [0.5, 0.6) is 0 Å². The summed E-state index contributed by atoms with van der Waals surface area (Å²) in [7, 11) is 0. The number of pyridine rings is 1. The number of anilines is 2. The van der Waals surface area contributed by atoms with Crippen LogP contribution in [-0.2, 0) is 0 Å². The van der Waals surface area contributed by atoms with Gasteiger partial charge >= 0.3 is 0 Å². The van der Waals surface area contributed by atoms with E-state index in [0.717, 1.165) is 22.3 Å². The maximum atomic E-state index is 9.46. The van der Waals surface area contributed by atoms with E-state index in [1.807, 2.05) is 42.6 Å². The Labute approximate surface area is 124 Å². The molecule has 0 saturated carbocycles. The summed E-state index contributed by atoms with van der Waals surface area (Å²) in [6, 6.07) is 18.3. The lowest BCUT2D eigenvalue weighted by Gasteiger charge is -2.27. The van der Waals surface area contributed by atoms with Crippen molar-refractivity contribution in [1.29, 1.82) is 0 Å². The summed E-state index contributed by atoms with van der Waals surface area (Å²) < 4.78 is 0. The molecule has 3 aromatic rings. The number of benzene rings is 2. The van der Waals surface area contributed by atoms with E-state index in [0.29, 0.717) is 6.54 Å². The molecule has 0 aliphatic carbocycles. The first kappa shape index (κ1) is 13.6. The average molecular weight is 278 g/mol. The zero-order valence-electron chi connectivity index (χ0n) is 12.0. The molecule has 0 atom stereocenters. The minimum absolute atomic E-state index is 0.102. The minimum atomic E-state index is 0.102. The van der Waals surface area contributed by atoms with Gasteiger partial charge in [-0.25, -0.2) is 0 Å². The van der Waals surface area contributed by atoms with Gasteiger partial charge in [-0.2, -0.15) is 0 Å². The normalized spacial score (nSPS) is 10.8. The summed E-state index contributed by atoms with van der Waals surface area (Å²) in [5, 5.41) is 10.6. The second kappa shape index (κ2) is 5.94. The molecule has 0 spiro atoms. The Morgan fingerprint density at radius 3 is 2.52 bits per heavy atom. The molecule has 0 bridgehead atoms. The third-order valence-electron chi connectivity index (χ3n) is 3.65. The Morgan fingerprint density at radius 1 is 0.952 bits per heavy atom. The molecule has 0 aliphatic rings. The lowest BCUT2D eigenvalue weighted by atomic mass is 10.1. The quantitative estimate of drug-likeness (QED) is 0.791. The van der Waals surface area contributed by atoms with Crippen LogP contribution in [0.25, 0.3) is 10.9 Å². The van der Waals surface area contributed by atoms with Crippen molar-refractivity contribution in [3.8, 4) is 0 Å². The number of hydrogen-bond acceptors (Lipinski definition) is 3. The van der Waals surface area contributed by atoms with E-state index in [9.17, 15) is 5.11 Å². The molecule has 0 unspecified atom stereocenters. The van der Waals surface area contributed by atoms with Gasteiger partial charge < -0.3 is 10.0 Å². The van der Waals surface area contributed by atoms with E-state index in [4.69, 9.17) is 0 Å². The average Bonchev–Trinajstić information content (AvgIpc) is 2.53. The maximum Gasteiger partial charge on any atom is 0.0722 e. The smallest absolute Gasteiger partial charge is 0.0722 e. The number of rotatable bonds is 4. The van der Waals surface area contributed by atoms with E-state index in [-0.39, 0.29) is 6.61 Å². The molecule has 0 aliphatic heterocycles. The number of aliphatic hydroxyl groups is 1. The van der Waals surface area contributed by atoms with Crippen molar-refractivity contribution in [2.24, 2.45) is 0 Å². The lowest BCUT2D eigenvalue weighted by molar-refractivity contribution is 0.305. The summed E-state index contributed by atoms with van der Waals surface area (Å²) in [5.41, 5.74) is 4.34. The highest BCUT2D eigenvalue weighted by molar-refractivity contribution is 5.93. The Hall–Kier alpha value is -2.39. The topological polar surface area (TPSA) is 36.4 Å². The van der Waals surface area contributed by atoms with E-state index in [1.54, 1.807) is 0 Å². The number of aliphatic hydroxyl groups excluding tert-OH is 1. The third-order valence-corrected chi connectivity index (χ3v) is 3.65. The van der Waals surface area contributed by atoms with Crippen LogP contribution in [0.1, 0.15) is 5.56 Å². The molecule has 0 saturated heterocycles. The molecule has 3 heteroatoms. The zero-order chi connectivity index (χ0) is 14.7. The van der Waals surface area contributed by atoms with Gasteiger partial charge in [-0.1, -0.05) is 36.4 Å². The number of aryl methyl sites for hydroxylation is 1. The predicted octanol–water partition coefficient (Wildman–Crippen LogP) is 3.67. The molecule has 21 heavy (non-hydrogen) atoms.